The molecule has 1 N–H and O–H groups in total. The monoisotopic (exact) mass is 383 g/mol. The number of ether oxygens (including phenoxy) is 1. The number of fused-ring (bicyclic) bond motifs is 1. The summed E-state index contributed by atoms with van der Waals surface area (Å²) >= 11 is 7.29. The molecule has 0 saturated carbocycles. The second-order valence-electron chi connectivity index (χ2n) is 5.90. The van der Waals surface area contributed by atoms with Crippen molar-refractivity contribution in [1.29, 1.82) is 0 Å². The molecule has 0 amide bonds. The van der Waals surface area contributed by atoms with Gasteiger partial charge in [0.05, 0.1) is 17.9 Å². The van der Waals surface area contributed by atoms with Crippen LogP contribution in [0.5, 0.6) is 0 Å². The third-order valence-electron chi connectivity index (χ3n) is 4.27. The number of piperidine rings is 1. The maximum absolute atomic E-state index is 12.2. The molecule has 3 heterocycles. The van der Waals surface area contributed by atoms with Crippen LogP contribution in [0.1, 0.15) is 35.0 Å². The van der Waals surface area contributed by atoms with Gasteiger partial charge < -0.3 is 14.7 Å². The van der Waals surface area contributed by atoms with Crippen molar-refractivity contribution in [3.63, 3.8) is 0 Å². The van der Waals surface area contributed by atoms with Crippen LogP contribution in [-0.2, 0) is 9.53 Å². The predicted octanol–water partition coefficient (Wildman–Crippen LogP) is 3.13. The average Bonchev–Trinajstić information content (AvgIpc) is 2.91. The third kappa shape index (κ3) is 3.41. The van der Waals surface area contributed by atoms with Gasteiger partial charge in [0.2, 0.25) is 5.28 Å². The van der Waals surface area contributed by atoms with Crippen molar-refractivity contribution in [2.45, 2.75) is 26.7 Å². The van der Waals surface area contributed by atoms with Crippen LogP contribution in [0.2, 0.25) is 5.28 Å². The Morgan fingerprint density at radius 2 is 2.20 bits per heavy atom. The molecule has 2 aromatic rings. The van der Waals surface area contributed by atoms with Gasteiger partial charge in [0.25, 0.3) is 0 Å². The number of rotatable bonds is 4. The number of aryl methyl sites for hydroxylation is 1. The second-order valence-corrected chi connectivity index (χ2v) is 7.23. The molecule has 25 heavy (non-hydrogen) atoms. The van der Waals surface area contributed by atoms with Gasteiger partial charge in [-0.1, -0.05) is 0 Å². The highest BCUT2D eigenvalue weighted by Gasteiger charge is 2.29. The molecule has 0 aliphatic carbocycles. The van der Waals surface area contributed by atoms with E-state index in [0.29, 0.717) is 35.0 Å². The van der Waals surface area contributed by atoms with E-state index in [9.17, 15) is 14.7 Å². The Balaban J connectivity index is 2.08. The zero-order valence-corrected chi connectivity index (χ0v) is 15.5. The lowest BCUT2D eigenvalue weighted by atomic mass is 9.98. The molecule has 1 fully saturated rings. The second kappa shape index (κ2) is 7.13. The van der Waals surface area contributed by atoms with Gasteiger partial charge in [0, 0.05) is 13.1 Å². The van der Waals surface area contributed by atoms with Gasteiger partial charge in [-0.15, -0.1) is 11.3 Å². The van der Waals surface area contributed by atoms with Crippen molar-refractivity contribution < 1.29 is 19.4 Å². The zero-order chi connectivity index (χ0) is 18.1. The molecule has 134 valence electrons. The van der Waals surface area contributed by atoms with Crippen LogP contribution in [0.15, 0.2) is 0 Å². The van der Waals surface area contributed by atoms with Gasteiger partial charge in [-0.25, -0.2) is 9.78 Å². The molecule has 0 bridgehead atoms. The number of aromatic nitrogens is 2. The maximum Gasteiger partial charge on any atom is 0.348 e. The number of nitrogens with zero attached hydrogens (tertiary/aromatic N) is 3. The SMILES string of the molecule is CCOC(=O)c1sc2nc(Cl)nc(N3CCCC(C(=O)O)C3)c2c1C. The van der Waals surface area contributed by atoms with E-state index in [1.807, 2.05) is 11.8 Å². The van der Waals surface area contributed by atoms with Gasteiger partial charge in [0.1, 0.15) is 15.5 Å². The fraction of sp³-hybridized carbons (Fsp3) is 0.500. The first kappa shape index (κ1) is 17.9. The number of anilines is 1. The highest BCUT2D eigenvalue weighted by Crippen LogP contribution is 2.37. The summed E-state index contributed by atoms with van der Waals surface area (Å²) in [4.78, 5) is 35.1. The number of hydrogen-bond acceptors (Lipinski definition) is 7. The quantitative estimate of drug-likeness (QED) is 0.640. The van der Waals surface area contributed by atoms with Gasteiger partial charge in [0.15, 0.2) is 0 Å². The Bertz CT molecular complexity index is 838. The van der Waals surface area contributed by atoms with E-state index in [4.69, 9.17) is 16.3 Å². The summed E-state index contributed by atoms with van der Waals surface area (Å²) in [6.07, 6.45) is 1.40. The van der Waals surface area contributed by atoms with Gasteiger partial charge in [-0.2, -0.15) is 4.98 Å². The van der Waals surface area contributed by atoms with Crippen LogP contribution >= 0.6 is 22.9 Å². The standard InChI is InChI=1S/C16H18ClN3O4S/c1-3-24-15(23)11-8(2)10-12(18-16(17)19-13(10)25-11)20-6-4-5-9(7-20)14(21)22/h9H,3-7H2,1-2H3,(H,21,22). The van der Waals surface area contributed by atoms with Crippen molar-refractivity contribution in [3.05, 3.63) is 15.7 Å². The van der Waals surface area contributed by atoms with Gasteiger partial charge in [-0.3, -0.25) is 4.79 Å². The number of carboxylic acids is 1. The van der Waals surface area contributed by atoms with Gasteiger partial charge >= 0.3 is 11.9 Å². The Labute approximate surface area is 153 Å². The number of hydrogen-bond donors (Lipinski definition) is 1. The van der Waals surface area contributed by atoms with Crippen LogP contribution in [-0.4, -0.2) is 46.7 Å². The number of aliphatic carboxylic acids is 1. The van der Waals surface area contributed by atoms with Crippen molar-refractivity contribution in [2.24, 2.45) is 5.92 Å². The molecule has 1 unspecified atom stereocenters. The summed E-state index contributed by atoms with van der Waals surface area (Å²) in [6, 6.07) is 0. The maximum atomic E-state index is 12.2. The van der Waals surface area contributed by atoms with E-state index in [2.05, 4.69) is 9.97 Å². The minimum absolute atomic E-state index is 0.0802. The van der Waals surface area contributed by atoms with Crippen LogP contribution < -0.4 is 4.90 Å². The number of carbonyl (C=O) groups excluding carboxylic acids is 1. The fourth-order valence-corrected chi connectivity index (χ4v) is 4.37. The van der Waals surface area contributed by atoms with Crippen LogP contribution in [0.25, 0.3) is 10.2 Å². The number of carbonyl (C=O) groups is 2. The molecule has 1 atom stereocenters. The molecule has 2 aromatic heterocycles. The molecule has 0 spiro atoms. The Morgan fingerprint density at radius 3 is 2.88 bits per heavy atom. The minimum Gasteiger partial charge on any atom is -0.481 e. The third-order valence-corrected chi connectivity index (χ3v) is 5.61. The molecule has 9 heteroatoms. The van der Waals surface area contributed by atoms with Crippen molar-refractivity contribution in [3.8, 4) is 0 Å². The molecular formula is C16H18ClN3O4S. The summed E-state index contributed by atoms with van der Waals surface area (Å²) in [5, 5.41) is 10.1. The number of carboxylic acid groups (broad SMARTS) is 1. The summed E-state index contributed by atoms with van der Waals surface area (Å²) in [5.74, 6) is -1.06. The first-order chi connectivity index (χ1) is 11.9. The lowest BCUT2D eigenvalue weighted by Crippen LogP contribution is -2.39. The smallest absolute Gasteiger partial charge is 0.348 e. The molecule has 1 aliphatic rings. The topological polar surface area (TPSA) is 92.6 Å². The number of thiophene rings is 1. The zero-order valence-electron chi connectivity index (χ0n) is 13.9. The number of halogens is 1. The summed E-state index contributed by atoms with van der Waals surface area (Å²) in [7, 11) is 0. The van der Waals surface area contributed by atoms with Crippen molar-refractivity contribution in [2.75, 3.05) is 24.6 Å². The first-order valence-corrected chi connectivity index (χ1v) is 9.23. The van der Waals surface area contributed by atoms with E-state index in [1.54, 1.807) is 6.92 Å². The summed E-state index contributed by atoms with van der Waals surface area (Å²) in [5.41, 5.74) is 0.738. The number of esters is 1. The highest BCUT2D eigenvalue weighted by molar-refractivity contribution is 7.20. The molecule has 1 saturated heterocycles. The Morgan fingerprint density at radius 1 is 1.44 bits per heavy atom. The van der Waals surface area contributed by atoms with E-state index < -0.39 is 17.9 Å². The fourth-order valence-electron chi connectivity index (χ4n) is 3.08. The van der Waals surface area contributed by atoms with Crippen LogP contribution in [0, 0.1) is 12.8 Å². The van der Waals surface area contributed by atoms with Crippen molar-refractivity contribution >= 4 is 50.9 Å². The molecule has 3 rings (SSSR count). The van der Waals surface area contributed by atoms with E-state index >= 15 is 0 Å². The average molecular weight is 384 g/mol. The van der Waals surface area contributed by atoms with E-state index in [1.165, 1.54) is 11.3 Å². The van der Waals surface area contributed by atoms with Crippen molar-refractivity contribution in [1.82, 2.24) is 9.97 Å². The molecule has 1 aliphatic heterocycles. The Kier molecular flexibility index (Phi) is 5.10. The molecular weight excluding hydrogens is 366 g/mol. The summed E-state index contributed by atoms with van der Waals surface area (Å²) in [6.45, 7) is 4.92. The highest BCUT2D eigenvalue weighted by atomic mass is 35.5. The van der Waals surface area contributed by atoms with E-state index in [0.717, 1.165) is 17.4 Å². The van der Waals surface area contributed by atoms with Gasteiger partial charge in [-0.05, 0) is 43.9 Å². The van der Waals surface area contributed by atoms with Crippen LogP contribution in [0.3, 0.4) is 0 Å². The largest absolute Gasteiger partial charge is 0.481 e. The lowest BCUT2D eigenvalue weighted by Gasteiger charge is -2.32. The summed E-state index contributed by atoms with van der Waals surface area (Å²) < 4.78 is 5.10. The molecule has 0 radical (unpaired) electrons. The molecule has 0 aromatic carbocycles. The lowest BCUT2D eigenvalue weighted by molar-refractivity contribution is -0.141. The first-order valence-electron chi connectivity index (χ1n) is 8.03. The predicted molar refractivity (Wildman–Crippen MR) is 95.7 cm³/mol. The van der Waals surface area contributed by atoms with Crippen LogP contribution in [0.4, 0.5) is 5.82 Å². The van der Waals surface area contributed by atoms with E-state index in [-0.39, 0.29) is 11.9 Å². The molecule has 7 nitrogen and oxygen atoms in total. The normalized spacial score (nSPS) is 17.7. The Hall–Kier alpha value is -1.93. The minimum atomic E-state index is -0.810.